The van der Waals surface area contributed by atoms with Gasteiger partial charge in [-0.15, -0.1) is 0 Å². The molecule has 0 atom stereocenters. The van der Waals surface area contributed by atoms with E-state index in [0.717, 1.165) is 25.7 Å². The highest BCUT2D eigenvalue weighted by atomic mass is 35.5. The van der Waals surface area contributed by atoms with Crippen molar-refractivity contribution in [1.82, 2.24) is 9.80 Å². The number of para-hydroxylation sites is 1. The largest absolute Gasteiger partial charge is 0.339 e. The van der Waals surface area contributed by atoms with Crippen LogP contribution in [0.2, 0.25) is 5.02 Å². The van der Waals surface area contributed by atoms with E-state index in [1.54, 1.807) is 17.0 Å². The van der Waals surface area contributed by atoms with Crippen molar-refractivity contribution in [2.24, 2.45) is 5.92 Å². The fourth-order valence-corrected chi connectivity index (χ4v) is 3.68. The van der Waals surface area contributed by atoms with E-state index < -0.39 is 0 Å². The fourth-order valence-electron chi connectivity index (χ4n) is 3.49. The molecule has 2 aliphatic rings. The molecule has 24 heavy (non-hydrogen) atoms. The van der Waals surface area contributed by atoms with Gasteiger partial charge in [0.2, 0.25) is 5.91 Å². The van der Waals surface area contributed by atoms with Crippen LogP contribution in [0.25, 0.3) is 0 Å². The predicted octanol–water partition coefficient (Wildman–Crippen LogP) is 3.60. The fraction of sp³-hybridized carbons (Fsp3) is 0.556. The van der Waals surface area contributed by atoms with Crippen molar-refractivity contribution in [3.63, 3.8) is 0 Å². The second-order valence-electron chi connectivity index (χ2n) is 6.56. The molecule has 1 saturated carbocycles. The summed E-state index contributed by atoms with van der Waals surface area (Å²) in [7, 11) is 0. The second kappa shape index (κ2) is 7.88. The number of carbonyl (C=O) groups is 2. The first-order valence-corrected chi connectivity index (χ1v) is 9.12. The monoisotopic (exact) mass is 349 g/mol. The molecule has 3 rings (SSSR count). The number of hydrogen-bond donors (Lipinski definition) is 1. The third kappa shape index (κ3) is 4.01. The van der Waals surface area contributed by atoms with E-state index in [9.17, 15) is 9.59 Å². The minimum absolute atomic E-state index is 0.159. The lowest BCUT2D eigenvalue weighted by Gasteiger charge is -2.37. The Labute approximate surface area is 147 Å². The van der Waals surface area contributed by atoms with Crippen molar-refractivity contribution in [1.29, 1.82) is 0 Å². The van der Waals surface area contributed by atoms with Crippen molar-refractivity contribution in [2.45, 2.75) is 32.1 Å². The van der Waals surface area contributed by atoms with Crippen molar-refractivity contribution in [2.75, 3.05) is 31.5 Å². The first-order valence-electron chi connectivity index (χ1n) is 8.74. The SMILES string of the molecule is O=C(Nc1ccccc1Cl)N1CCN(C(=O)C2CCCCC2)CC1. The molecule has 0 aromatic heterocycles. The van der Waals surface area contributed by atoms with Gasteiger partial charge in [-0.3, -0.25) is 4.79 Å². The average molecular weight is 350 g/mol. The van der Waals surface area contributed by atoms with E-state index in [4.69, 9.17) is 11.6 Å². The van der Waals surface area contributed by atoms with Crippen LogP contribution in [0.1, 0.15) is 32.1 Å². The Kier molecular flexibility index (Phi) is 5.61. The van der Waals surface area contributed by atoms with Gasteiger partial charge in [-0.1, -0.05) is 43.0 Å². The zero-order chi connectivity index (χ0) is 16.9. The van der Waals surface area contributed by atoms with Gasteiger partial charge in [0.1, 0.15) is 0 Å². The van der Waals surface area contributed by atoms with Gasteiger partial charge in [0, 0.05) is 32.1 Å². The van der Waals surface area contributed by atoms with Crippen molar-refractivity contribution in [3.05, 3.63) is 29.3 Å². The molecular weight excluding hydrogens is 326 g/mol. The summed E-state index contributed by atoms with van der Waals surface area (Å²) in [6, 6.07) is 7.03. The van der Waals surface area contributed by atoms with E-state index >= 15 is 0 Å². The molecule has 1 aliphatic carbocycles. The number of anilines is 1. The first kappa shape index (κ1) is 17.1. The normalized spacial score (nSPS) is 19.2. The highest BCUT2D eigenvalue weighted by molar-refractivity contribution is 6.33. The van der Waals surface area contributed by atoms with Gasteiger partial charge in [-0.25, -0.2) is 4.79 Å². The molecule has 3 amide bonds. The Morgan fingerprint density at radius 2 is 1.58 bits per heavy atom. The Hall–Kier alpha value is -1.75. The number of nitrogens with one attached hydrogen (secondary N) is 1. The molecule has 1 aromatic rings. The van der Waals surface area contributed by atoms with Crippen LogP contribution < -0.4 is 5.32 Å². The van der Waals surface area contributed by atoms with Crippen molar-refractivity contribution < 1.29 is 9.59 Å². The zero-order valence-corrected chi connectivity index (χ0v) is 14.6. The maximum Gasteiger partial charge on any atom is 0.322 e. The van der Waals surface area contributed by atoms with Gasteiger partial charge in [-0.05, 0) is 25.0 Å². The lowest BCUT2D eigenvalue weighted by molar-refractivity contribution is -0.137. The van der Waals surface area contributed by atoms with Crippen LogP contribution in [-0.2, 0) is 4.79 Å². The number of benzene rings is 1. The third-order valence-electron chi connectivity index (χ3n) is 4.95. The van der Waals surface area contributed by atoms with Crippen LogP contribution in [0.5, 0.6) is 0 Å². The van der Waals surface area contributed by atoms with Gasteiger partial charge in [0.25, 0.3) is 0 Å². The zero-order valence-electron chi connectivity index (χ0n) is 13.8. The standard InChI is InChI=1S/C18H24ClN3O2/c19-15-8-4-5-9-16(15)20-18(24)22-12-10-21(11-13-22)17(23)14-6-2-1-3-7-14/h4-5,8-9,14H,1-3,6-7,10-13H2,(H,20,24). The lowest BCUT2D eigenvalue weighted by Crippen LogP contribution is -2.53. The van der Waals surface area contributed by atoms with Gasteiger partial charge >= 0.3 is 6.03 Å². The molecule has 2 fully saturated rings. The summed E-state index contributed by atoms with van der Waals surface area (Å²) in [5.74, 6) is 0.475. The minimum Gasteiger partial charge on any atom is -0.339 e. The summed E-state index contributed by atoms with van der Waals surface area (Å²) in [4.78, 5) is 28.6. The Morgan fingerprint density at radius 3 is 2.25 bits per heavy atom. The summed E-state index contributed by atoms with van der Waals surface area (Å²) in [6.07, 6.45) is 5.62. The summed E-state index contributed by atoms with van der Waals surface area (Å²) in [5, 5.41) is 3.36. The predicted molar refractivity (Wildman–Crippen MR) is 95.2 cm³/mol. The highest BCUT2D eigenvalue weighted by Crippen LogP contribution is 2.26. The van der Waals surface area contributed by atoms with Gasteiger partial charge in [0.05, 0.1) is 10.7 Å². The summed E-state index contributed by atoms with van der Waals surface area (Å²) in [6.45, 7) is 2.36. The van der Waals surface area contributed by atoms with Crippen LogP contribution in [0.3, 0.4) is 0 Å². The van der Waals surface area contributed by atoms with Crippen LogP contribution in [0.4, 0.5) is 10.5 Å². The topological polar surface area (TPSA) is 52.7 Å². The molecule has 0 radical (unpaired) electrons. The van der Waals surface area contributed by atoms with E-state index in [0.29, 0.717) is 36.9 Å². The molecule has 0 bridgehead atoms. The molecule has 1 aliphatic heterocycles. The molecule has 6 heteroatoms. The lowest BCUT2D eigenvalue weighted by atomic mass is 9.88. The minimum atomic E-state index is -0.159. The molecule has 130 valence electrons. The Bertz CT molecular complexity index is 594. The number of nitrogens with zero attached hydrogens (tertiary/aromatic N) is 2. The van der Waals surface area contributed by atoms with Gasteiger partial charge in [-0.2, -0.15) is 0 Å². The number of hydrogen-bond acceptors (Lipinski definition) is 2. The quantitative estimate of drug-likeness (QED) is 0.887. The summed E-state index contributed by atoms with van der Waals surface area (Å²) < 4.78 is 0. The van der Waals surface area contributed by atoms with Crippen LogP contribution >= 0.6 is 11.6 Å². The number of rotatable bonds is 2. The van der Waals surface area contributed by atoms with Gasteiger partial charge < -0.3 is 15.1 Å². The summed E-state index contributed by atoms with van der Waals surface area (Å²) in [5.41, 5.74) is 0.616. The third-order valence-corrected chi connectivity index (χ3v) is 5.28. The molecule has 5 nitrogen and oxygen atoms in total. The maximum absolute atomic E-state index is 12.6. The number of carbonyl (C=O) groups excluding carboxylic acids is 2. The highest BCUT2D eigenvalue weighted by Gasteiger charge is 2.29. The first-order chi connectivity index (χ1) is 11.6. The molecule has 0 unspecified atom stereocenters. The second-order valence-corrected chi connectivity index (χ2v) is 6.96. The number of halogens is 1. The molecule has 1 saturated heterocycles. The van der Waals surface area contributed by atoms with E-state index in [-0.39, 0.29) is 17.9 Å². The van der Waals surface area contributed by atoms with E-state index in [2.05, 4.69) is 5.32 Å². The smallest absolute Gasteiger partial charge is 0.322 e. The van der Waals surface area contributed by atoms with Crippen LogP contribution in [0, 0.1) is 5.92 Å². The molecular formula is C18H24ClN3O2. The van der Waals surface area contributed by atoms with Crippen molar-refractivity contribution in [3.8, 4) is 0 Å². The van der Waals surface area contributed by atoms with Crippen molar-refractivity contribution >= 4 is 29.2 Å². The van der Waals surface area contributed by atoms with E-state index in [1.807, 2.05) is 17.0 Å². The van der Waals surface area contributed by atoms with E-state index in [1.165, 1.54) is 6.42 Å². The number of amides is 3. The summed E-state index contributed by atoms with van der Waals surface area (Å²) >= 11 is 6.07. The molecule has 0 spiro atoms. The maximum atomic E-state index is 12.6. The molecule has 1 aromatic carbocycles. The Morgan fingerprint density at radius 1 is 0.958 bits per heavy atom. The molecule has 1 heterocycles. The average Bonchev–Trinajstić information content (AvgIpc) is 2.64. The van der Waals surface area contributed by atoms with Crippen LogP contribution in [0.15, 0.2) is 24.3 Å². The number of urea groups is 1. The number of piperazine rings is 1. The van der Waals surface area contributed by atoms with Gasteiger partial charge in [0.15, 0.2) is 0 Å². The van der Waals surface area contributed by atoms with Crippen LogP contribution in [-0.4, -0.2) is 47.9 Å². The Balaban J connectivity index is 1.50. The molecule has 1 N–H and O–H groups in total.